The van der Waals surface area contributed by atoms with Gasteiger partial charge in [0.15, 0.2) is 11.4 Å². The van der Waals surface area contributed by atoms with E-state index in [1.165, 1.54) is 6.07 Å². The molecule has 0 bridgehead atoms. The summed E-state index contributed by atoms with van der Waals surface area (Å²) in [5.41, 5.74) is 1.83. The minimum absolute atomic E-state index is 0.227. The quantitative estimate of drug-likeness (QED) is 0.823. The molecule has 0 amide bonds. The lowest BCUT2D eigenvalue weighted by molar-refractivity contribution is 0.564. The molecule has 1 aromatic heterocycles. The van der Waals surface area contributed by atoms with Crippen molar-refractivity contribution in [3.05, 3.63) is 23.5 Å². The number of hydrogen-bond acceptors (Lipinski definition) is 3. The second kappa shape index (κ2) is 3.53. The molecule has 15 heavy (non-hydrogen) atoms. The zero-order valence-corrected chi connectivity index (χ0v) is 8.97. The zero-order valence-electron chi connectivity index (χ0n) is 8.97. The van der Waals surface area contributed by atoms with E-state index in [4.69, 9.17) is 4.42 Å². The monoisotopic (exact) mass is 208 g/mol. The Morgan fingerprint density at radius 1 is 1.40 bits per heavy atom. The van der Waals surface area contributed by atoms with Crippen LogP contribution in [0.2, 0.25) is 0 Å². The maximum absolute atomic E-state index is 13.4. The number of anilines is 1. The number of nitrogens with one attached hydrogen (secondary N) is 1. The summed E-state index contributed by atoms with van der Waals surface area (Å²) in [4.78, 5) is 4.20. The molecule has 2 aromatic rings. The molecule has 0 radical (unpaired) electrons. The number of aromatic nitrogens is 1. The molecule has 1 aromatic carbocycles. The van der Waals surface area contributed by atoms with E-state index < -0.39 is 0 Å². The Bertz CT molecular complexity index is 491. The minimum atomic E-state index is -0.372. The Morgan fingerprint density at radius 2 is 2.13 bits per heavy atom. The fourth-order valence-electron chi connectivity index (χ4n) is 1.57. The normalized spacial score (nSPS) is 11.3. The molecule has 1 heterocycles. The van der Waals surface area contributed by atoms with Crippen LogP contribution in [0.5, 0.6) is 0 Å². The zero-order chi connectivity index (χ0) is 11.0. The third-order valence-electron chi connectivity index (χ3n) is 2.36. The van der Waals surface area contributed by atoms with Crippen LogP contribution in [0, 0.1) is 5.82 Å². The Labute approximate surface area is 87.3 Å². The molecule has 3 nitrogen and oxygen atoms in total. The summed E-state index contributed by atoms with van der Waals surface area (Å²) in [6, 6.07) is 3.52. The first kappa shape index (κ1) is 9.96. The van der Waals surface area contributed by atoms with E-state index in [1.54, 1.807) is 13.1 Å². The minimum Gasteiger partial charge on any atom is -0.420 e. The molecule has 0 fully saturated rings. The molecule has 0 saturated heterocycles. The smallest absolute Gasteiger partial charge is 0.295 e. The van der Waals surface area contributed by atoms with Gasteiger partial charge in [-0.1, -0.05) is 19.9 Å². The van der Waals surface area contributed by atoms with Crippen molar-refractivity contribution in [1.82, 2.24) is 4.98 Å². The second-order valence-corrected chi connectivity index (χ2v) is 3.74. The van der Waals surface area contributed by atoms with Crippen molar-refractivity contribution in [2.75, 3.05) is 12.4 Å². The summed E-state index contributed by atoms with van der Waals surface area (Å²) < 4.78 is 18.7. The second-order valence-electron chi connectivity index (χ2n) is 3.74. The van der Waals surface area contributed by atoms with Crippen LogP contribution >= 0.6 is 0 Å². The van der Waals surface area contributed by atoms with E-state index in [9.17, 15) is 4.39 Å². The van der Waals surface area contributed by atoms with Crippen LogP contribution in [0.1, 0.15) is 25.3 Å². The fourth-order valence-corrected chi connectivity index (χ4v) is 1.57. The van der Waals surface area contributed by atoms with Crippen molar-refractivity contribution in [2.45, 2.75) is 19.8 Å². The van der Waals surface area contributed by atoms with Crippen molar-refractivity contribution in [2.24, 2.45) is 0 Å². The number of nitrogens with zero attached hydrogens (tertiary/aromatic N) is 1. The fraction of sp³-hybridized carbons (Fsp3) is 0.364. The summed E-state index contributed by atoms with van der Waals surface area (Å²) in [6.07, 6.45) is 0. The third kappa shape index (κ3) is 1.56. The lowest BCUT2D eigenvalue weighted by Gasteiger charge is -2.04. The first-order chi connectivity index (χ1) is 7.13. The Hall–Kier alpha value is -1.58. The molecule has 0 spiro atoms. The van der Waals surface area contributed by atoms with Gasteiger partial charge < -0.3 is 9.73 Å². The average Bonchev–Trinajstić information content (AvgIpc) is 2.62. The topological polar surface area (TPSA) is 38.1 Å². The van der Waals surface area contributed by atoms with Crippen molar-refractivity contribution in [3.63, 3.8) is 0 Å². The van der Waals surface area contributed by atoms with Crippen LogP contribution in [-0.2, 0) is 0 Å². The molecule has 80 valence electrons. The van der Waals surface area contributed by atoms with Crippen LogP contribution < -0.4 is 5.32 Å². The van der Waals surface area contributed by atoms with Gasteiger partial charge in [-0.2, -0.15) is 4.98 Å². The van der Waals surface area contributed by atoms with Gasteiger partial charge in [-0.25, -0.2) is 4.39 Å². The van der Waals surface area contributed by atoms with E-state index in [0.29, 0.717) is 17.4 Å². The SMILES string of the molecule is CNc1nc2c(C(C)C)ccc(F)c2o1. The number of benzene rings is 1. The lowest BCUT2D eigenvalue weighted by Crippen LogP contribution is -1.91. The van der Waals surface area contributed by atoms with Crippen molar-refractivity contribution < 1.29 is 8.81 Å². The van der Waals surface area contributed by atoms with Gasteiger partial charge in [0.05, 0.1) is 0 Å². The van der Waals surface area contributed by atoms with Crippen LogP contribution in [-0.4, -0.2) is 12.0 Å². The third-order valence-corrected chi connectivity index (χ3v) is 2.36. The molecule has 4 heteroatoms. The number of hydrogen-bond donors (Lipinski definition) is 1. The molecule has 0 aliphatic rings. The van der Waals surface area contributed by atoms with E-state index >= 15 is 0 Å². The highest BCUT2D eigenvalue weighted by Gasteiger charge is 2.15. The largest absolute Gasteiger partial charge is 0.420 e. The molecule has 1 N–H and O–H groups in total. The summed E-state index contributed by atoms with van der Waals surface area (Å²) in [7, 11) is 1.69. The van der Waals surface area contributed by atoms with Gasteiger partial charge in [-0.3, -0.25) is 0 Å². The molecular formula is C11H13FN2O. The highest BCUT2D eigenvalue weighted by molar-refractivity contribution is 5.79. The Morgan fingerprint density at radius 3 is 2.73 bits per heavy atom. The summed E-state index contributed by atoms with van der Waals surface area (Å²) in [6.45, 7) is 4.08. The van der Waals surface area contributed by atoms with Crippen molar-refractivity contribution in [1.29, 1.82) is 0 Å². The first-order valence-electron chi connectivity index (χ1n) is 4.90. The van der Waals surface area contributed by atoms with Crippen LogP contribution in [0.3, 0.4) is 0 Å². The van der Waals surface area contributed by atoms with Gasteiger partial charge in [0.2, 0.25) is 0 Å². The van der Waals surface area contributed by atoms with Gasteiger partial charge in [0.1, 0.15) is 5.52 Å². The van der Waals surface area contributed by atoms with Gasteiger partial charge in [0.25, 0.3) is 6.01 Å². The highest BCUT2D eigenvalue weighted by atomic mass is 19.1. The molecule has 0 saturated carbocycles. The van der Waals surface area contributed by atoms with Gasteiger partial charge >= 0.3 is 0 Å². The van der Waals surface area contributed by atoms with E-state index in [1.807, 2.05) is 13.8 Å². The average molecular weight is 208 g/mol. The molecule has 2 rings (SSSR count). The van der Waals surface area contributed by atoms with Crippen LogP contribution in [0.25, 0.3) is 11.1 Å². The van der Waals surface area contributed by atoms with Crippen LogP contribution in [0.15, 0.2) is 16.5 Å². The van der Waals surface area contributed by atoms with Crippen molar-refractivity contribution >= 4 is 17.1 Å². The van der Waals surface area contributed by atoms with E-state index in [0.717, 1.165) is 5.56 Å². The molecule has 0 aliphatic heterocycles. The maximum Gasteiger partial charge on any atom is 0.295 e. The number of oxazole rings is 1. The summed E-state index contributed by atoms with van der Waals surface area (Å²) in [5.74, 6) is -0.0775. The Kier molecular flexibility index (Phi) is 2.34. The van der Waals surface area contributed by atoms with Crippen molar-refractivity contribution in [3.8, 4) is 0 Å². The van der Waals surface area contributed by atoms with E-state index in [-0.39, 0.29) is 11.4 Å². The predicted molar refractivity (Wildman–Crippen MR) is 57.6 cm³/mol. The van der Waals surface area contributed by atoms with Gasteiger partial charge in [-0.05, 0) is 17.5 Å². The standard InChI is InChI=1S/C11H13FN2O/c1-6(2)7-4-5-8(12)10-9(7)14-11(13-3)15-10/h4-6H,1-3H3,(H,13,14). The molecule has 0 aliphatic carbocycles. The van der Waals surface area contributed by atoms with Gasteiger partial charge in [-0.15, -0.1) is 0 Å². The predicted octanol–water partition coefficient (Wildman–Crippen LogP) is 3.13. The highest BCUT2D eigenvalue weighted by Crippen LogP contribution is 2.28. The molecule has 0 atom stereocenters. The lowest BCUT2D eigenvalue weighted by atomic mass is 10.0. The molecule has 0 unspecified atom stereocenters. The van der Waals surface area contributed by atoms with Crippen LogP contribution in [0.4, 0.5) is 10.4 Å². The first-order valence-corrected chi connectivity index (χ1v) is 4.90. The Balaban J connectivity index is 2.74. The maximum atomic E-state index is 13.4. The number of rotatable bonds is 2. The molecular weight excluding hydrogens is 195 g/mol. The van der Waals surface area contributed by atoms with Gasteiger partial charge in [0, 0.05) is 7.05 Å². The van der Waals surface area contributed by atoms with E-state index in [2.05, 4.69) is 10.3 Å². The number of fused-ring (bicyclic) bond motifs is 1. The summed E-state index contributed by atoms with van der Waals surface area (Å²) >= 11 is 0. The summed E-state index contributed by atoms with van der Waals surface area (Å²) in [5, 5.41) is 2.77. The number of halogens is 1.